The van der Waals surface area contributed by atoms with Crippen LogP contribution < -0.4 is 10.6 Å². The highest BCUT2D eigenvalue weighted by molar-refractivity contribution is 5.73. The first-order valence-electron chi connectivity index (χ1n) is 7.44. The fraction of sp³-hybridized carbons (Fsp3) is 0.500. The molecule has 0 aromatic heterocycles. The number of amides is 1. The summed E-state index contributed by atoms with van der Waals surface area (Å²) in [5.41, 5.74) is 0.0207. The minimum Gasteiger partial charge on any atom is -0.481 e. The number of hydrogen-bond donors (Lipinski definition) is 3. The normalized spacial score (nSPS) is 20.1. The van der Waals surface area contributed by atoms with Crippen LogP contribution in [0.5, 0.6) is 0 Å². The van der Waals surface area contributed by atoms with E-state index in [0.717, 1.165) is 24.9 Å². The Labute approximate surface area is 129 Å². The maximum atomic E-state index is 12.0. The Morgan fingerprint density at radius 3 is 2.73 bits per heavy atom. The van der Waals surface area contributed by atoms with Crippen LogP contribution in [0.3, 0.4) is 0 Å². The van der Waals surface area contributed by atoms with E-state index < -0.39 is 17.6 Å². The lowest BCUT2D eigenvalue weighted by Gasteiger charge is -2.34. The Kier molecular flexibility index (Phi) is 5.38. The molecule has 1 fully saturated rings. The van der Waals surface area contributed by atoms with Crippen LogP contribution in [0, 0.1) is 0 Å². The van der Waals surface area contributed by atoms with E-state index in [9.17, 15) is 9.59 Å². The molecule has 6 heteroatoms. The molecule has 0 radical (unpaired) electrons. The van der Waals surface area contributed by atoms with E-state index in [1.807, 2.05) is 30.3 Å². The minimum absolute atomic E-state index is 0.0622. The zero-order valence-electron chi connectivity index (χ0n) is 12.7. The van der Waals surface area contributed by atoms with Gasteiger partial charge in [-0.15, -0.1) is 0 Å². The number of carbonyl (C=O) groups excluding carboxylic acids is 1. The molecule has 1 aromatic rings. The molecule has 2 unspecified atom stereocenters. The van der Waals surface area contributed by atoms with Crippen LogP contribution in [0.15, 0.2) is 30.3 Å². The van der Waals surface area contributed by atoms with E-state index >= 15 is 0 Å². The van der Waals surface area contributed by atoms with E-state index in [-0.39, 0.29) is 19.1 Å². The van der Waals surface area contributed by atoms with Gasteiger partial charge >= 0.3 is 12.1 Å². The van der Waals surface area contributed by atoms with Crippen LogP contribution >= 0.6 is 0 Å². The van der Waals surface area contributed by atoms with Crippen molar-refractivity contribution in [2.45, 2.75) is 44.4 Å². The van der Waals surface area contributed by atoms with Crippen molar-refractivity contribution < 1.29 is 19.4 Å². The summed E-state index contributed by atoms with van der Waals surface area (Å²) in [6, 6.07) is 9.29. The number of carboxylic acid groups (broad SMARTS) is 1. The number of carbonyl (C=O) groups is 2. The van der Waals surface area contributed by atoms with E-state index in [4.69, 9.17) is 9.84 Å². The first-order valence-corrected chi connectivity index (χ1v) is 7.44. The van der Waals surface area contributed by atoms with Crippen LogP contribution in [-0.2, 0) is 16.1 Å². The van der Waals surface area contributed by atoms with E-state index in [1.165, 1.54) is 0 Å². The zero-order valence-corrected chi connectivity index (χ0v) is 12.7. The molecule has 6 nitrogen and oxygen atoms in total. The highest BCUT2D eigenvalue weighted by atomic mass is 16.5. The average Bonchev–Trinajstić information content (AvgIpc) is 3.00. The predicted molar refractivity (Wildman–Crippen MR) is 81.4 cm³/mol. The van der Waals surface area contributed by atoms with Crippen LogP contribution in [0.1, 0.15) is 31.7 Å². The SMILES string of the molecule is CC(CC(=O)O)(NC(=O)OCc1ccccc1)C1CCCN1. The number of hydrogen-bond acceptors (Lipinski definition) is 4. The summed E-state index contributed by atoms with van der Waals surface area (Å²) >= 11 is 0. The third-order valence-corrected chi connectivity index (χ3v) is 3.95. The fourth-order valence-electron chi connectivity index (χ4n) is 2.79. The van der Waals surface area contributed by atoms with Crippen molar-refractivity contribution in [1.29, 1.82) is 0 Å². The monoisotopic (exact) mass is 306 g/mol. The minimum atomic E-state index is -0.945. The molecular formula is C16H22N2O4. The first-order chi connectivity index (χ1) is 10.5. The molecular weight excluding hydrogens is 284 g/mol. The Hall–Kier alpha value is -2.08. The topological polar surface area (TPSA) is 87.7 Å². The van der Waals surface area contributed by atoms with Crippen LogP contribution in [0.2, 0.25) is 0 Å². The van der Waals surface area contributed by atoms with Gasteiger partial charge in [0.15, 0.2) is 0 Å². The molecule has 2 atom stereocenters. The number of alkyl carbamates (subject to hydrolysis) is 1. The highest BCUT2D eigenvalue weighted by Gasteiger charge is 2.39. The van der Waals surface area contributed by atoms with Crippen molar-refractivity contribution in [2.75, 3.05) is 6.54 Å². The molecule has 0 saturated carbocycles. The van der Waals surface area contributed by atoms with Crippen LogP contribution in [0.4, 0.5) is 4.79 Å². The van der Waals surface area contributed by atoms with Gasteiger partial charge in [0.1, 0.15) is 6.61 Å². The molecule has 0 aliphatic carbocycles. The summed E-state index contributed by atoms with van der Waals surface area (Å²) in [6.45, 7) is 2.74. The Balaban J connectivity index is 1.94. The van der Waals surface area contributed by atoms with Gasteiger partial charge < -0.3 is 20.5 Å². The molecule has 22 heavy (non-hydrogen) atoms. The van der Waals surface area contributed by atoms with Crippen molar-refractivity contribution in [3.63, 3.8) is 0 Å². The molecule has 2 rings (SSSR count). The largest absolute Gasteiger partial charge is 0.481 e. The van der Waals surface area contributed by atoms with Gasteiger partial charge in [0.05, 0.1) is 12.0 Å². The summed E-state index contributed by atoms with van der Waals surface area (Å²) in [5.74, 6) is -0.945. The molecule has 1 aliphatic rings. The molecule has 1 heterocycles. The third kappa shape index (κ3) is 4.46. The molecule has 0 spiro atoms. The van der Waals surface area contributed by atoms with Gasteiger partial charge in [0, 0.05) is 6.04 Å². The van der Waals surface area contributed by atoms with E-state index in [2.05, 4.69) is 10.6 Å². The first kappa shape index (κ1) is 16.3. The van der Waals surface area contributed by atoms with E-state index in [1.54, 1.807) is 6.92 Å². The standard InChI is InChI=1S/C16H22N2O4/c1-16(10-14(19)20,13-8-5-9-17-13)18-15(21)22-11-12-6-3-2-4-7-12/h2-4,6-7,13,17H,5,8-11H2,1H3,(H,18,21)(H,19,20). The molecule has 1 aromatic carbocycles. The molecule has 1 aliphatic heterocycles. The molecule has 3 N–H and O–H groups in total. The van der Waals surface area contributed by atoms with Gasteiger partial charge in [-0.2, -0.15) is 0 Å². The predicted octanol–water partition coefficient (Wildman–Crippen LogP) is 1.90. The van der Waals surface area contributed by atoms with Crippen LogP contribution in [0.25, 0.3) is 0 Å². The summed E-state index contributed by atoms with van der Waals surface area (Å²) in [6.07, 6.45) is 1.07. The molecule has 1 amide bonds. The lowest BCUT2D eigenvalue weighted by atomic mass is 9.87. The van der Waals surface area contributed by atoms with Gasteiger partial charge in [-0.05, 0) is 31.9 Å². The number of benzene rings is 1. The third-order valence-electron chi connectivity index (χ3n) is 3.95. The van der Waals surface area contributed by atoms with Gasteiger partial charge in [-0.3, -0.25) is 4.79 Å². The summed E-state index contributed by atoms with van der Waals surface area (Å²) in [4.78, 5) is 23.1. The summed E-state index contributed by atoms with van der Waals surface area (Å²) in [5, 5.41) is 15.1. The number of carboxylic acids is 1. The quantitative estimate of drug-likeness (QED) is 0.747. The van der Waals surface area contributed by atoms with Crippen molar-refractivity contribution in [3.8, 4) is 0 Å². The van der Waals surface area contributed by atoms with Gasteiger partial charge in [-0.1, -0.05) is 30.3 Å². The average molecular weight is 306 g/mol. The second kappa shape index (κ2) is 7.26. The van der Waals surface area contributed by atoms with Crippen molar-refractivity contribution in [2.24, 2.45) is 0 Å². The molecule has 1 saturated heterocycles. The van der Waals surface area contributed by atoms with Gasteiger partial charge in [0.2, 0.25) is 0 Å². The Morgan fingerprint density at radius 1 is 1.41 bits per heavy atom. The van der Waals surface area contributed by atoms with Gasteiger partial charge in [-0.25, -0.2) is 4.79 Å². The Morgan fingerprint density at radius 2 is 2.14 bits per heavy atom. The van der Waals surface area contributed by atoms with Crippen molar-refractivity contribution in [3.05, 3.63) is 35.9 Å². The fourth-order valence-corrected chi connectivity index (χ4v) is 2.79. The van der Waals surface area contributed by atoms with Crippen molar-refractivity contribution >= 4 is 12.1 Å². The molecule has 120 valence electrons. The second-order valence-electron chi connectivity index (χ2n) is 5.82. The smallest absolute Gasteiger partial charge is 0.407 e. The summed E-state index contributed by atoms with van der Waals surface area (Å²) in [7, 11) is 0. The van der Waals surface area contributed by atoms with Crippen LogP contribution in [-0.4, -0.2) is 35.3 Å². The van der Waals surface area contributed by atoms with Gasteiger partial charge in [0.25, 0.3) is 0 Å². The maximum Gasteiger partial charge on any atom is 0.407 e. The summed E-state index contributed by atoms with van der Waals surface area (Å²) < 4.78 is 5.19. The van der Waals surface area contributed by atoms with Crippen molar-refractivity contribution in [1.82, 2.24) is 10.6 Å². The van der Waals surface area contributed by atoms with E-state index in [0.29, 0.717) is 0 Å². The number of nitrogens with one attached hydrogen (secondary N) is 2. The zero-order chi connectivity index (χ0) is 16.0. The lowest BCUT2D eigenvalue weighted by Crippen LogP contribution is -2.58. The Bertz CT molecular complexity index is 514. The second-order valence-corrected chi connectivity index (χ2v) is 5.82. The highest BCUT2D eigenvalue weighted by Crippen LogP contribution is 2.23. The number of rotatable bonds is 6. The number of ether oxygens (including phenoxy) is 1. The number of aliphatic carboxylic acids is 1. The molecule has 0 bridgehead atoms. The lowest BCUT2D eigenvalue weighted by molar-refractivity contribution is -0.138. The maximum absolute atomic E-state index is 12.0.